The van der Waals surface area contributed by atoms with Crippen LogP contribution in [0.15, 0.2) is 48.5 Å². The van der Waals surface area contributed by atoms with Crippen LogP contribution in [0, 0.1) is 6.92 Å². The monoisotopic (exact) mass is 252 g/mol. The highest BCUT2D eigenvalue weighted by Gasteiger charge is 2.27. The molecule has 3 rings (SSSR count). The van der Waals surface area contributed by atoms with Crippen LogP contribution in [0.3, 0.4) is 0 Å². The number of hydrogen-bond acceptors (Lipinski definition) is 1. The fourth-order valence-corrected chi connectivity index (χ4v) is 2.74. The summed E-state index contributed by atoms with van der Waals surface area (Å²) in [5.74, 6) is 0.683. The van der Waals surface area contributed by atoms with E-state index in [0.717, 1.165) is 5.56 Å². The van der Waals surface area contributed by atoms with Crippen molar-refractivity contribution in [3.05, 3.63) is 70.8 Å². The molecular weight excluding hydrogens is 232 g/mol. The van der Waals surface area contributed by atoms with Crippen LogP contribution >= 0.6 is 0 Å². The van der Waals surface area contributed by atoms with Crippen molar-refractivity contribution in [1.29, 1.82) is 0 Å². The molecule has 0 amide bonds. The Morgan fingerprint density at radius 2 is 1.74 bits per heavy atom. The summed E-state index contributed by atoms with van der Waals surface area (Å²) in [7, 11) is 0. The second kappa shape index (κ2) is 5.18. The first-order valence-corrected chi connectivity index (χ1v) is 7.07. The van der Waals surface area contributed by atoms with E-state index in [4.69, 9.17) is 0 Å². The highest BCUT2D eigenvalue weighted by molar-refractivity contribution is 5.36. The standard InChI is InChI=1S/C18H20O/c1-13-6-2-3-7-15(13)12-18(19)17-9-5-4-8-16(17)14-10-11-14/h2-9,14,18-19H,10-12H2,1H3. The first-order valence-electron chi connectivity index (χ1n) is 7.07. The first-order chi connectivity index (χ1) is 9.25. The molecule has 0 spiro atoms. The predicted octanol–water partition coefficient (Wildman–Crippen LogP) is 4.15. The molecule has 1 nitrogen and oxygen atoms in total. The van der Waals surface area contributed by atoms with Crippen molar-refractivity contribution in [3.63, 3.8) is 0 Å². The van der Waals surface area contributed by atoms with Crippen LogP contribution in [0.5, 0.6) is 0 Å². The van der Waals surface area contributed by atoms with Gasteiger partial charge in [-0.25, -0.2) is 0 Å². The van der Waals surface area contributed by atoms with Gasteiger partial charge in [0.25, 0.3) is 0 Å². The quantitative estimate of drug-likeness (QED) is 0.866. The first kappa shape index (κ1) is 12.4. The largest absolute Gasteiger partial charge is 0.388 e. The molecule has 98 valence electrons. The lowest BCUT2D eigenvalue weighted by atomic mass is 9.93. The van der Waals surface area contributed by atoms with E-state index in [-0.39, 0.29) is 0 Å². The van der Waals surface area contributed by atoms with Gasteiger partial charge in [-0.1, -0.05) is 48.5 Å². The Kier molecular flexibility index (Phi) is 3.39. The highest BCUT2D eigenvalue weighted by atomic mass is 16.3. The van der Waals surface area contributed by atoms with Gasteiger partial charge in [-0.3, -0.25) is 0 Å². The van der Waals surface area contributed by atoms with E-state index in [1.165, 1.54) is 29.5 Å². The summed E-state index contributed by atoms with van der Waals surface area (Å²) < 4.78 is 0. The molecule has 2 aromatic carbocycles. The number of aliphatic hydroxyl groups is 1. The molecule has 0 saturated heterocycles. The van der Waals surface area contributed by atoms with Gasteiger partial charge in [0.2, 0.25) is 0 Å². The Morgan fingerprint density at radius 3 is 2.47 bits per heavy atom. The predicted molar refractivity (Wildman–Crippen MR) is 78.3 cm³/mol. The maximum Gasteiger partial charge on any atom is 0.0833 e. The van der Waals surface area contributed by atoms with Crippen LogP contribution in [0.25, 0.3) is 0 Å². The number of hydrogen-bond donors (Lipinski definition) is 1. The van der Waals surface area contributed by atoms with Crippen LogP contribution in [0.4, 0.5) is 0 Å². The maximum absolute atomic E-state index is 10.6. The highest BCUT2D eigenvalue weighted by Crippen LogP contribution is 2.43. The van der Waals surface area contributed by atoms with E-state index in [1.807, 2.05) is 18.2 Å². The lowest BCUT2D eigenvalue weighted by molar-refractivity contribution is 0.177. The number of benzene rings is 2. The van der Waals surface area contributed by atoms with Gasteiger partial charge in [0.05, 0.1) is 6.10 Å². The zero-order valence-electron chi connectivity index (χ0n) is 11.3. The Labute approximate surface area is 114 Å². The number of aliphatic hydroxyl groups excluding tert-OH is 1. The van der Waals surface area contributed by atoms with Gasteiger partial charge < -0.3 is 5.11 Å². The molecule has 2 aromatic rings. The lowest BCUT2D eigenvalue weighted by Crippen LogP contribution is -2.06. The molecule has 1 atom stereocenters. The van der Waals surface area contributed by atoms with Gasteiger partial charge in [-0.05, 0) is 47.9 Å². The van der Waals surface area contributed by atoms with E-state index in [1.54, 1.807) is 0 Å². The van der Waals surface area contributed by atoms with Gasteiger partial charge in [-0.15, -0.1) is 0 Å². The third kappa shape index (κ3) is 2.71. The topological polar surface area (TPSA) is 20.2 Å². The van der Waals surface area contributed by atoms with Gasteiger partial charge >= 0.3 is 0 Å². The van der Waals surface area contributed by atoms with Crippen molar-refractivity contribution in [3.8, 4) is 0 Å². The molecule has 1 saturated carbocycles. The molecule has 0 aliphatic heterocycles. The smallest absolute Gasteiger partial charge is 0.0833 e. The number of rotatable bonds is 4. The van der Waals surface area contributed by atoms with Crippen LogP contribution in [0.1, 0.15) is 47.1 Å². The summed E-state index contributed by atoms with van der Waals surface area (Å²) >= 11 is 0. The second-order valence-electron chi connectivity index (χ2n) is 5.55. The average molecular weight is 252 g/mol. The van der Waals surface area contributed by atoms with Crippen LogP contribution in [-0.4, -0.2) is 5.11 Å². The lowest BCUT2D eigenvalue weighted by Gasteiger charge is -2.16. The van der Waals surface area contributed by atoms with E-state index in [2.05, 4.69) is 37.3 Å². The van der Waals surface area contributed by atoms with Gasteiger partial charge in [0.15, 0.2) is 0 Å². The van der Waals surface area contributed by atoms with Crippen LogP contribution < -0.4 is 0 Å². The Balaban J connectivity index is 1.84. The Bertz CT molecular complexity index is 569. The Morgan fingerprint density at radius 1 is 1.05 bits per heavy atom. The second-order valence-corrected chi connectivity index (χ2v) is 5.55. The third-order valence-corrected chi connectivity index (χ3v) is 4.05. The van der Waals surface area contributed by atoms with E-state index < -0.39 is 6.10 Å². The summed E-state index contributed by atoms with van der Waals surface area (Å²) in [4.78, 5) is 0. The van der Waals surface area contributed by atoms with Crippen molar-refractivity contribution >= 4 is 0 Å². The summed E-state index contributed by atoms with van der Waals surface area (Å²) in [6.45, 7) is 2.11. The molecule has 0 bridgehead atoms. The van der Waals surface area contributed by atoms with Crippen molar-refractivity contribution in [1.82, 2.24) is 0 Å². The molecule has 1 fully saturated rings. The molecule has 1 heteroatoms. The summed E-state index contributed by atoms with van der Waals surface area (Å²) in [6, 6.07) is 16.7. The van der Waals surface area contributed by atoms with Gasteiger partial charge in [0, 0.05) is 6.42 Å². The molecule has 1 unspecified atom stereocenters. The van der Waals surface area contributed by atoms with E-state index >= 15 is 0 Å². The summed E-state index contributed by atoms with van der Waals surface area (Å²) in [5.41, 5.74) is 4.96. The molecule has 0 heterocycles. The van der Waals surface area contributed by atoms with Crippen molar-refractivity contribution in [2.75, 3.05) is 0 Å². The summed E-state index contributed by atoms with van der Waals surface area (Å²) in [6.07, 6.45) is 2.86. The summed E-state index contributed by atoms with van der Waals surface area (Å²) in [5, 5.41) is 10.6. The molecule has 19 heavy (non-hydrogen) atoms. The molecule has 1 N–H and O–H groups in total. The molecule has 1 aliphatic rings. The van der Waals surface area contributed by atoms with E-state index in [9.17, 15) is 5.11 Å². The minimum atomic E-state index is -0.391. The zero-order valence-corrected chi connectivity index (χ0v) is 11.3. The van der Waals surface area contributed by atoms with Crippen molar-refractivity contribution in [2.45, 2.75) is 38.2 Å². The molecule has 1 aliphatic carbocycles. The van der Waals surface area contributed by atoms with Crippen molar-refractivity contribution in [2.24, 2.45) is 0 Å². The molecule has 0 radical (unpaired) electrons. The minimum Gasteiger partial charge on any atom is -0.388 e. The fraction of sp³-hybridized carbons (Fsp3) is 0.333. The van der Waals surface area contributed by atoms with E-state index in [0.29, 0.717) is 12.3 Å². The fourth-order valence-electron chi connectivity index (χ4n) is 2.74. The van der Waals surface area contributed by atoms with Crippen molar-refractivity contribution < 1.29 is 5.11 Å². The zero-order chi connectivity index (χ0) is 13.2. The molecular formula is C18H20O. The maximum atomic E-state index is 10.6. The third-order valence-electron chi connectivity index (χ3n) is 4.05. The Hall–Kier alpha value is -1.60. The SMILES string of the molecule is Cc1ccccc1CC(O)c1ccccc1C1CC1. The van der Waals surface area contributed by atoms with Crippen LogP contribution in [0.2, 0.25) is 0 Å². The minimum absolute atomic E-state index is 0.391. The number of aryl methyl sites for hydroxylation is 1. The van der Waals surface area contributed by atoms with Crippen LogP contribution in [-0.2, 0) is 6.42 Å². The van der Waals surface area contributed by atoms with Gasteiger partial charge in [0.1, 0.15) is 0 Å². The van der Waals surface area contributed by atoms with Gasteiger partial charge in [-0.2, -0.15) is 0 Å². The normalized spacial score (nSPS) is 16.3. The molecule has 0 aromatic heterocycles. The average Bonchev–Trinajstić information content (AvgIpc) is 3.26.